The molecule has 0 atom stereocenters. The molecular formula is C11H12N4O2S. The molecule has 6 nitrogen and oxygen atoms in total. The standard InChI is InChI=1S/C11H12N4O2S/c1-18(16,17)9-4-2-8(3-5-9)15-11-10(12)13-6-7-14-11/h2-7H,1H3,(H2,12,13)(H,14,15). The smallest absolute Gasteiger partial charge is 0.175 e. The van der Waals surface area contributed by atoms with Crippen molar-refractivity contribution in [2.24, 2.45) is 0 Å². The number of aromatic nitrogens is 2. The lowest BCUT2D eigenvalue weighted by Gasteiger charge is -2.07. The summed E-state index contributed by atoms with van der Waals surface area (Å²) in [4.78, 5) is 8.18. The van der Waals surface area contributed by atoms with Crippen LogP contribution in [0.3, 0.4) is 0 Å². The van der Waals surface area contributed by atoms with Gasteiger partial charge >= 0.3 is 0 Å². The number of nitrogens with two attached hydrogens (primary N) is 1. The van der Waals surface area contributed by atoms with E-state index in [0.29, 0.717) is 11.5 Å². The van der Waals surface area contributed by atoms with Crippen LogP contribution in [0.1, 0.15) is 0 Å². The Labute approximate surface area is 105 Å². The van der Waals surface area contributed by atoms with Gasteiger partial charge < -0.3 is 11.1 Å². The molecule has 2 aromatic rings. The lowest BCUT2D eigenvalue weighted by atomic mass is 10.3. The number of hydrogen-bond acceptors (Lipinski definition) is 6. The summed E-state index contributed by atoms with van der Waals surface area (Å²) in [6.45, 7) is 0. The van der Waals surface area contributed by atoms with Crippen LogP contribution in [0, 0.1) is 0 Å². The predicted molar refractivity (Wildman–Crippen MR) is 69.3 cm³/mol. The Morgan fingerprint density at radius 2 is 1.72 bits per heavy atom. The number of nitrogens with one attached hydrogen (secondary N) is 1. The van der Waals surface area contributed by atoms with Crippen LogP contribution in [0.2, 0.25) is 0 Å². The van der Waals surface area contributed by atoms with Crippen LogP contribution in [-0.4, -0.2) is 24.6 Å². The molecule has 0 aliphatic heterocycles. The molecule has 2 rings (SSSR count). The van der Waals surface area contributed by atoms with E-state index in [9.17, 15) is 8.42 Å². The first-order valence-corrected chi connectivity index (χ1v) is 6.99. The second-order valence-electron chi connectivity index (χ2n) is 3.71. The average Bonchev–Trinajstić information content (AvgIpc) is 2.32. The largest absolute Gasteiger partial charge is 0.381 e. The van der Waals surface area contributed by atoms with Crippen molar-refractivity contribution in [3.63, 3.8) is 0 Å². The second-order valence-corrected chi connectivity index (χ2v) is 5.73. The molecule has 0 saturated carbocycles. The molecule has 0 radical (unpaired) electrons. The number of anilines is 3. The number of nitrogen functional groups attached to an aromatic ring is 1. The van der Waals surface area contributed by atoms with E-state index in [1.165, 1.54) is 24.5 Å². The molecule has 0 spiro atoms. The highest BCUT2D eigenvalue weighted by Gasteiger charge is 2.07. The molecule has 0 bridgehead atoms. The SMILES string of the molecule is CS(=O)(=O)c1ccc(Nc2nccnc2N)cc1. The van der Waals surface area contributed by atoms with Gasteiger partial charge in [-0.1, -0.05) is 0 Å². The van der Waals surface area contributed by atoms with Gasteiger partial charge in [-0.25, -0.2) is 18.4 Å². The van der Waals surface area contributed by atoms with Gasteiger partial charge in [-0.3, -0.25) is 0 Å². The zero-order valence-electron chi connectivity index (χ0n) is 9.66. The minimum atomic E-state index is -3.18. The molecule has 1 aromatic carbocycles. The van der Waals surface area contributed by atoms with E-state index < -0.39 is 9.84 Å². The molecule has 18 heavy (non-hydrogen) atoms. The third-order valence-corrected chi connectivity index (χ3v) is 3.40. The maximum Gasteiger partial charge on any atom is 0.175 e. The molecule has 1 heterocycles. The summed E-state index contributed by atoms with van der Waals surface area (Å²) in [6, 6.07) is 6.32. The van der Waals surface area contributed by atoms with Gasteiger partial charge in [0, 0.05) is 24.3 Å². The summed E-state index contributed by atoms with van der Waals surface area (Å²) in [6.07, 6.45) is 4.17. The summed E-state index contributed by atoms with van der Waals surface area (Å²) >= 11 is 0. The van der Waals surface area contributed by atoms with E-state index in [1.807, 2.05) is 0 Å². The lowest BCUT2D eigenvalue weighted by molar-refractivity contribution is 0.602. The van der Waals surface area contributed by atoms with Crippen LogP contribution in [0.5, 0.6) is 0 Å². The Hall–Kier alpha value is -2.15. The van der Waals surface area contributed by atoms with Crippen molar-refractivity contribution < 1.29 is 8.42 Å². The minimum Gasteiger partial charge on any atom is -0.381 e. The van der Waals surface area contributed by atoms with Gasteiger partial charge in [-0.15, -0.1) is 0 Å². The Morgan fingerprint density at radius 3 is 2.28 bits per heavy atom. The van der Waals surface area contributed by atoms with Gasteiger partial charge in [0.05, 0.1) is 4.90 Å². The van der Waals surface area contributed by atoms with Crippen molar-refractivity contribution in [2.75, 3.05) is 17.3 Å². The normalized spacial score (nSPS) is 11.2. The van der Waals surface area contributed by atoms with Crippen LogP contribution >= 0.6 is 0 Å². The first-order valence-electron chi connectivity index (χ1n) is 5.10. The van der Waals surface area contributed by atoms with E-state index >= 15 is 0 Å². The number of benzene rings is 1. The molecule has 0 aliphatic carbocycles. The summed E-state index contributed by atoms with van der Waals surface area (Å²) in [5.74, 6) is 0.717. The molecule has 94 valence electrons. The third-order valence-electron chi connectivity index (χ3n) is 2.27. The molecule has 0 aliphatic rings. The minimum absolute atomic E-state index is 0.264. The van der Waals surface area contributed by atoms with Gasteiger partial charge in [-0.2, -0.15) is 0 Å². The highest BCUT2D eigenvalue weighted by Crippen LogP contribution is 2.19. The topological polar surface area (TPSA) is 98.0 Å². The Bertz CT molecular complexity index is 653. The third kappa shape index (κ3) is 2.75. The van der Waals surface area contributed by atoms with Crippen molar-refractivity contribution in [2.45, 2.75) is 4.90 Å². The molecule has 0 saturated heterocycles. The fourth-order valence-corrected chi connectivity index (χ4v) is 2.00. The quantitative estimate of drug-likeness (QED) is 0.864. The van der Waals surface area contributed by atoms with E-state index in [2.05, 4.69) is 15.3 Å². The van der Waals surface area contributed by atoms with E-state index in [4.69, 9.17) is 5.73 Å². The van der Waals surface area contributed by atoms with Crippen LogP contribution in [0.15, 0.2) is 41.6 Å². The number of hydrogen-bond donors (Lipinski definition) is 2. The van der Waals surface area contributed by atoms with E-state index in [-0.39, 0.29) is 10.7 Å². The van der Waals surface area contributed by atoms with E-state index in [1.54, 1.807) is 12.1 Å². The number of nitrogens with zero attached hydrogens (tertiary/aromatic N) is 2. The van der Waals surface area contributed by atoms with Gasteiger partial charge in [0.1, 0.15) is 0 Å². The van der Waals surface area contributed by atoms with Gasteiger partial charge in [0.25, 0.3) is 0 Å². The zero-order valence-corrected chi connectivity index (χ0v) is 10.5. The fourth-order valence-electron chi connectivity index (χ4n) is 1.37. The monoisotopic (exact) mass is 264 g/mol. The summed E-state index contributed by atoms with van der Waals surface area (Å²) < 4.78 is 22.6. The highest BCUT2D eigenvalue weighted by molar-refractivity contribution is 7.90. The Morgan fingerprint density at radius 1 is 1.11 bits per heavy atom. The van der Waals surface area contributed by atoms with Crippen LogP contribution in [-0.2, 0) is 9.84 Å². The van der Waals surface area contributed by atoms with Gasteiger partial charge in [-0.05, 0) is 24.3 Å². The van der Waals surface area contributed by atoms with Crippen molar-refractivity contribution >= 4 is 27.2 Å². The second kappa shape index (κ2) is 4.61. The number of sulfone groups is 1. The highest BCUT2D eigenvalue weighted by atomic mass is 32.2. The van der Waals surface area contributed by atoms with Gasteiger partial charge in [0.2, 0.25) is 0 Å². The molecule has 3 N–H and O–H groups in total. The zero-order chi connectivity index (χ0) is 13.2. The lowest BCUT2D eigenvalue weighted by Crippen LogP contribution is -2.01. The molecule has 0 amide bonds. The molecule has 1 aromatic heterocycles. The first-order chi connectivity index (χ1) is 8.47. The summed E-state index contributed by atoms with van der Waals surface area (Å²) in [5.41, 5.74) is 6.32. The van der Waals surface area contributed by atoms with E-state index in [0.717, 1.165) is 6.26 Å². The molecule has 0 unspecified atom stereocenters. The van der Waals surface area contributed by atoms with Gasteiger partial charge in [0.15, 0.2) is 21.5 Å². The fraction of sp³-hybridized carbons (Fsp3) is 0.0909. The van der Waals surface area contributed by atoms with Crippen molar-refractivity contribution in [3.8, 4) is 0 Å². The molecule has 0 fully saturated rings. The Kier molecular flexibility index (Phi) is 3.15. The van der Waals surface area contributed by atoms with Crippen molar-refractivity contribution in [1.29, 1.82) is 0 Å². The predicted octanol–water partition coefficient (Wildman–Crippen LogP) is 1.21. The first kappa shape index (κ1) is 12.3. The van der Waals surface area contributed by atoms with Crippen LogP contribution in [0.4, 0.5) is 17.3 Å². The van der Waals surface area contributed by atoms with Crippen molar-refractivity contribution in [1.82, 2.24) is 9.97 Å². The average molecular weight is 264 g/mol. The maximum atomic E-state index is 11.3. The molecule has 7 heteroatoms. The summed E-state index contributed by atoms with van der Waals surface area (Å²) in [7, 11) is -3.18. The maximum absolute atomic E-state index is 11.3. The van der Waals surface area contributed by atoms with Crippen molar-refractivity contribution in [3.05, 3.63) is 36.7 Å². The molecular weight excluding hydrogens is 252 g/mol. The van der Waals surface area contributed by atoms with Crippen LogP contribution < -0.4 is 11.1 Å². The van der Waals surface area contributed by atoms with Crippen LogP contribution in [0.25, 0.3) is 0 Å². The summed E-state index contributed by atoms with van der Waals surface area (Å²) in [5, 5.41) is 2.96. The Balaban J connectivity index is 2.24. The number of rotatable bonds is 3.